The Bertz CT molecular complexity index is 377. The van der Waals surface area contributed by atoms with Crippen LogP contribution in [0.2, 0.25) is 0 Å². The van der Waals surface area contributed by atoms with Gasteiger partial charge in [-0.3, -0.25) is 0 Å². The molecule has 1 aromatic rings. The highest BCUT2D eigenvalue weighted by molar-refractivity contribution is 8.23. The smallest absolute Gasteiger partial charge is 0.138 e. The second kappa shape index (κ2) is 7.51. The van der Waals surface area contributed by atoms with Crippen LogP contribution in [0, 0.1) is 0 Å². The number of thiocarbonyl (C=S) groups is 1. The highest BCUT2D eigenvalue weighted by Crippen LogP contribution is 2.24. The van der Waals surface area contributed by atoms with E-state index in [-0.39, 0.29) is 0 Å². The Morgan fingerprint density at radius 2 is 1.94 bits per heavy atom. The average molecular weight is 265 g/mol. The predicted molar refractivity (Wildman–Crippen MR) is 84.1 cm³/mol. The van der Waals surface area contributed by atoms with Crippen LogP contribution in [-0.4, -0.2) is 10.1 Å². The van der Waals surface area contributed by atoms with Gasteiger partial charge in [0.2, 0.25) is 0 Å². The summed E-state index contributed by atoms with van der Waals surface area (Å²) >= 11 is 6.93. The van der Waals surface area contributed by atoms with Gasteiger partial charge in [-0.05, 0) is 24.0 Å². The molecule has 0 aliphatic heterocycles. The molecule has 1 rings (SSSR count). The first-order valence-electron chi connectivity index (χ1n) is 5.88. The first kappa shape index (κ1) is 14.3. The van der Waals surface area contributed by atoms with Gasteiger partial charge >= 0.3 is 0 Å². The van der Waals surface area contributed by atoms with Crippen molar-refractivity contribution in [2.75, 3.05) is 11.1 Å². The number of aryl methyl sites for hydroxylation is 2. The lowest BCUT2D eigenvalue weighted by molar-refractivity contribution is 1.09. The molecule has 0 saturated heterocycles. The Hall–Kier alpha value is -0.800. The van der Waals surface area contributed by atoms with E-state index < -0.39 is 0 Å². The van der Waals surface area contributed by atoms with Crippen molar-refractivity contribution in [3.05, 3.63) is 42.0 Å². The molecule has 0 heterocycles. The van der Waals surface area contributed by atoms with E-state index in [9.17, 15) is 0 Å². The molecule has 0 amide bonds. The fraction of sp³-hybridized carbons (Fsp3) is 0.357. The monoisotopic (exact) mass is 265 g/mol. The zero-order chi connectivity index (χ0) is 12.7. The molecular weight excluding hydrogens is 246 g/mol. The SMILES string of the molecule is C=CCSC(=S)Nc1c(CC)cccc1CC. The number of rotatable bonds is 5. The van der Waals surface area contributed by atoms with Crippen LogP contribution < -0.4 is 5.32 Å². The summed E-state index contributed by atoms with van der Waals surface area (Å²) < 4.78 is 0.820. The molecule has 17 heavy (non-hydrogen) atoms. The van der Waals surface area contributed by atoms with Gasteiger partial charge in [0.05, 0.1) is 0 Å². The summed E-state index contributed by atoms with van der Waals surface area (Å²) in [5.74, 6) is 0.849. The first-order chi connectivity index (χ1) is 8.22. The van der Waals surface area contributed by atoms with Crippen LogP contribution in [0.25, 0.3) is 0 Å². The highest BCUT2D eigenvalue weighted by Gasteiger charge is 2.07. The minimum atomic E-state index is 0.820. The summed E-state index contributed by atoms with van der Waals surface area (Å²) in [4.78, 5) is 0. The van der Waals surface area contributed by atoms with Crippen molar-refractivity contribution in [2.24, 2.45) is 0 Å². The number of benzene rings is 1. The molecule has 0 radical (unpaired) electrons. The van der Waals surface area contributed by atoms with E-state index in [1.165, 1.54) is 16.8 Å². The summed E-state index contributed by atoms with van der Waals surface area (Å²) in [6, 6.07) is 6.42. The van der Waals surface area contributed by atoms with E-state index in [1.807, 2.05) is 6.08 Å². The third-order valence-electron chi connectivity index (χ3n) is 2.56. The lowest BCUT2D eigenvalue weighted by atomic mass is 10.0. The van der Waals surface area contributed by atoms with Gasteiger partial charge in [0, 0.05) is 11.4 Å². The van der Waals surface area contributed by atoms with Crippen LogP contribution in [0.4, 0.5) is 5.69 Å². The van der Waals surface area contributed by atoms with E-state index >= 15 is 0 Å². The second-order valence-corrected chi connectivity index (χ2v) is 5.37. The number of thioether (sulfide) groups is 1. The largest absolute Gasteiger partial charge is 0.341 e. The molecule has 1 aromatic carbocycles. The van der Waals surface area contributed by atoms with E-state index in [2.05, 4.69) is 43.9 Å². The molecule has 92 valence electrons. The molecule has 0 atom stereocenters. The highest BCUT2D eigenvalue weighted by atomic mass is 32.2. The van der Waals surface area contributed by atoms with E-state index in [0.29, 0.717) is 0 Å². The van der Waals surface area contributed by atoms with Crippen LogP contribution >= 0.6 is 24.0 Å². The summed E-state index contributed by atoms with van der Waals surface area (Å²) in [5, 5.41) is 3.36. The minimum Gasteiger partial charge on any atom is -0.341 e. The summed E-state index contributed by atoms with van der Waals surface area (Å²) in [6.45, 7) is 8.03. The lowest BCUT2D eigenvalue weighted by Crippen LogP contribution is -2.09. The minimum absolute atomic E-state index is 0.820. The fourth-order valence-electron chi connectivity index (χ4n) is 1.68. The average Bonchev–Trinajstić information content (AvgIpc) is 2.36. The maximum Gasteiger partial charge on any atom is 0.138 e. The van der Waals surface area contributed by atoms with E-state index in [4.69, 9.17) is 12.2 Å². The van der Waals surface area contributed by atoms with Crippen molar-refractivity contribution in [1.82, 2.24) is 0 Å². The van der Waals surface area contributed by atoms with Crippen LogP contribution in [0.1, 0.15) is 25.0 Å². The quantitative estimate of drug-likeness (QED) is 0.625. The van der Waals surface area contributed by atoms with Crippen LogP contribution in [0.5, 0.6) is 0 Å². The molecule has 3 heteroatoms. The summed E-state index contributed by atoms with van der Waals surface area (Å²) in [6.07, 6.45) is 3.90. The predicted octanol–water partition coefficient (Wildman–Crippen LogP) is 4.43. The molecule has 0 spiro atoms. The second-order valence-electron chi connectivity index (χ2n) is 3.67. The van der Waals surface area contributed by atoms with Gasteiger partial charge in [-0.1, -0.05) is 62.1 Å². The third-order valence-corrected chi connectivity index (χ3v) is 3.78. The zero-order valence-electron chi connectivity index (χ0n) is 10.5. The summed E-state index contributed by atoms with van der Waals surface area (Å²) in [5.41, 5.74) is 3.84. The Balaban J connectivity index is 2.87. The maximum absolute atomic E-state index is 5.32. The van der Waals surface area contributed by atoms with Gasteiger partial charge in [-0.25, -0.2) is 0 Å². The number of para-hydroxylation sites is 1. The first-order valence-corrected chi connectivity index (χ1v) is 7.27. The molecule has 0 saturated carbocycles. The van der Waals surface area contributed by atoms with Gasteiger partial charge in [0.1, 0.15) is 4.32 Å². The number of anilines is 1. The number of hydrogen-bond donors (Lipinski definition) is 1. The molecule has 1 nitrogen and oxygen atoms in total. The van der Waals surface area contributed by atoms with E-state index in [0.717, 1.165) is 22.9 Å². The molecule has 1 N–H and O–H groups in total. The van der Waals surface area contributed by atoms with Gasteiger partial charge in [0.25, 0.3) is 0 Å². The molecule has 0 aromatic heterocycles. The molecule has 0 aliphatic carbocycles. The third kappa shape index (κ3) is 4.17. The fourth-order valence-corrected chi connectivity index (χ4v) is 2.43. The van der Waals surface area contributed by atoms with Crippen molar-refractivity contribution in [3.63, 3.8) is 0 Å². The van der Waals surface area contributed by atoms with Crippen LogP contribution in [0.15, 0.2) is 30.9 Å². The lowest BCUT2D eigenvalue weighted by Gasteiger charge is -2.15. The Kier molecular flexibility index (Phi) is 6.30. The Labute approximate surface area is 114 Å². The maximum atomic E-state index is 5.32. The Morgan fingerprint density at radius 1 is 1.35 bits per heavy atom. The number of nitrogens with one attached hydrogen (secondary N) is 1. The van der Waals surface area contributed by atoms with Crippen LogP contribution in [-0.2, 0) is 12.8 Å². The van der Waals surface area contributed by atoms with Crippen molar-refractivity contribution < 1.29 is 0 Å². The van der Waals surface area contributed by atoms with Gasteiger partial charge in [-0.2, -0.15) is 0 Å². The van der Waals surface area contributed by atoms with Crippen molar-refractivity contribution in [1.29, 1.82) is 0 Å². The molecule has 0 unspecified atom stereocenters. The van der Waals surface area contributed by atoms with E-state index in [1.54, 1.807) is 11.8 Å². The molecule has 0 bridgehead atoms. The standard InChI is InChI=1S/C14H19NS2/c1-4-10-17-14(16)15-13-11(5-2)8-7-9-12(13)6-3/h4,7-9H,1,5-6,10H2,2-3H3,(H,15,16). The zero-order valence-corrected chi connectivity index (χ0v) is 12.1. The molecule has 0 aliphatic rings. The van der Waals surface area contributed by atoms with Crippen LogP contribution in [0.3, 0.4) is 0 Å². The topological polar surface area (TPSA) is 12.0 Å². The summed E-state index contributed by atoms with van der Waals surface area (Å²) in [7, 11) is 0. The number of hydrogen-bond acceptors (Lipinski definition) is 2. The van der Waals surface area contributed by atoms with Gasteiger partial charge < -0.3 is 5.32 Å². The Morgan fingerprint density at radius 3 is 2.41 bits per heavy atom. The molecular formula is C14H19NS2. The molecule has 0 fully saturated rings. The van der Waals surface area contributed by atoms with Gasteiger partial charge in [0.15, 0.2) is 0 Å². The van der Waals surface area contributed by atoms with Gasteiger partial charge in [-0.15, -0.1) is 6.58 Å². The van der Waals surface area contributed by atoms with Crippen molar-refractivity contribution >= 4 is 34.0 Å². The van der Waals surface area contributed by atoms with Crippen molar-refractivity contribution in [2.45, 2.75) is 26.7 Å². The van der Waals surface area contributed by atoms with Crippen molar-refractivity contribution in [3.8, 4) is 0 Å². The normalized spacial score (nSPS) is 10.0.